The first-order valence-electron chi connectivity index (χ1n) is 10.0. The lowest BCUT2D eigenvalue weighted by molar-refractivity contribution is 1.32. The van der Waals surface area contributed by atoms with Crippen molar-refractivity contribution in [2.45, 2.75) is 0 Å². The van der Waals surface area contributed by atoms with E-state index in [-0.39, 0.29) is 0 Å². The van der Waals surface area contributed by atoms with Crippen LogP contribution in [-0.4, -0.2) is 45.6 Å². The smallest absolute Gasteiger partial charge is 0.189 e. The number of pyridine rings is 4. The molecule has 0 radical (unpaired) electrons. The highest BCUT2D eigenvalue weighted by Gasteiger charge is 2.48. The molecule has 4 heterocycles. The van der Waals surface area contributed by atoms with Crippen molar-refractivity contribution in [3.05, 3.63) is 97.6 Å². The molecule has 0 saturated heterocycles. The molecule has 0 N–H and O–H groups in total. The molecule has 0 saturated carbocycles. The number of hydrogen-bond donors (Lipinski definition) is 0. The van der Waals surface area contributed by atoms with E-state index in [1.807, 2.05) is 49.1 Å². The highest BCUT2D eigenvalue weighted by Crippen LogP contribution is 2.58. The van der Waals surface area contributed by atoms with E-state index >= 15 is 0 Å². The summed E-state index contributed by atoms with van der Waals surface area (Å²) >= 11 is 0. The van der Waals surface area contributed by atoms with Gasteiger partial charge in [0.15, 0.2) is 21.7 Å². The second-order valence-corrected chi connectivity index (χ2v) is 15.1. The summed E-state index contributed by atoms with van der Waals surface area (Å²) in [6.07, 6.45) is 9.59. The third kappa shape index (κ3) is 4.17. The molecule has 0 spiro atoms. The van der Waals surface area contributed by atoms with Crippen LogP contribution < -0.4 is 21.7 Å². The van der Waals surface area contributed by atoms with Gasteiger partial charge in [-0.2, -0.15) is 0 Å². The zero-order chi connectivity index (χ0) is 20.9. The van der Waals surface area contributed by atoms with E-state index in [0.29, 0.717) is 0 Å². The summed E-state index contributed by atoms with van der Waals surface area (Å²) < 4.78 is 0. The fraction of sp³-hybridized carbons (Fsp3) is 0.167. The van der Waals surface area contributed by atoms with Gasteiger partial charge in [0, 0.05) is 49.1 Å². The van der Waals surface area contributed by atoms with Gasteiger partial charge in [-0.15, -0.1) is 0 Å². The summed E-state index contributed by atoms with van der Waals surface area (Å²) in [6, 6.07) is 24.8. The lowest BCUT2D eigenvalue weighted by atomic mass is 10.5. The number of rotatable bonds is 7. The molecule has 0 unspecified atom stereocenters. The van der Waals surface area contributed by atoms with Crippen molar-refractivity contribution in [3.63, 3.8) is 0 Å². The van der Waals surface area contributed by atoms with Crippen LogP contribution in [0.3, 0.4) is 0 Å². The fourth-order valence-electron chi connectivity index (χ4n) is 3.68. The van der Waals surface area contributed by atoms with Crippen molar-refractivity contribution in [2.75, 3.05) is 25.7 Å². The van der Waals surface area contributed by atoms with Crippen LogP contribution in [0, 0.1) is 0 Å². The van der Waals surface area contributed by atoms with Gasteiger partial charge in [0.1, 0.15) is 26.8 Å². The molecule has 4 aromatic heterocycles. The van der Waals surface area contributed by atoms with Gasteiger partial charge in [-0.1, -0.05) is 24.3 Å². The Labute approximate surface area is 179 Å². The highest BCUT2D eigenvalue weighted by atomic mass is 31.2. The SMILES string of the molecule is C[P+](CC[P+](C)(c1ccccn1)c1ccccn1)(c1ccccn1)c1ccccn1. The van der Waals surface area contributed by atoms with Crippen LogP contribution in [0.15, 0.2) is 97.6 Å². The van der Waals surface area contributed by atoms with E-state index in [0.717, 1.165) is 34.1 Å². The fourth-order valence-corrected chi connectivity index (χ4v) is 11.2. The molecule has 0 aliphatic rings. The maximum atomic E-state index is 4.76. The predicted octanol–water partition coefficient (Wildman–Crippen LogP) is 3.16. The Balaban J connectivity index is 1.76. The van der Waals surface area contributed by atoms with Gasteiger partial charge >= 0.3 is 0 Å². The Bertz CT molecular complexity index is 893. The summed E-state index contributed by atoms with van der Waals surface area (Å²) in [5.74, 6) is 0. The summed E-state index contributed by atoms with van der Waals surface area (Å²) in [7, 11) is -3.52. The van der Waals surface area contributed by atoms with Crippen molar-refractivity contribution in [3.8, 4) is 0 Å². The molecule has 6 heteroatoms. The molecule has 4 aromatic rings. The minimum atomic E-state index is -1.76. The molecule has 0 atom stereocenters. The maximum absolute atomic E-state index is 4.76. The Morgan fingerprint density at radius 3 is 0.933 bits per heavy atom. The molecular weight excluding hydrogens is 406 g/mol. The first kappa shape index (κ1) is 20.7. The standard InChI is InChI=1S/C24H26N4P2/c1-29(21-11-3-7-15-25-21,22-12-4-8-16-26-22)19-20-30(2,23-13-5-9-17-27-23)24-14-6-10-18-28-24/h3-18H,19-20H2,1-2H3/q+2. The van der Waals surface area contributed by atoms with Gasteiger partial charge in [0.25, 0.3) is 0 Å². The van der Waals surface area contributed by atoms with Crippen molar-refractivity contribution in [1.82, 2.24) is 19.9 Å². The average molecular weight is 432 g/mol. The van der Waals surface area contributed by atoms with Gasteiger partial charge in [-0.05, 0) is 24.3 Å². The molecule has 4 rings (SSSR count). The summed E-state index contributed by atoms with van der Waals surface area (Å²) in [5, 5.41) is 0. The van der Waals surface area contributed by atoms with Gasteiger partial charge in [0.2, 0.25) is 0 Å². The molecule has 4 nitrogen and oxygen atoms in total. The second-order valence-electron chi connectivity index (χ2n) is 7.58. The van der Waals surface area contributed by atoms with E-state index in [9.17, 15) is 0 Å². The van der Waals surface area contributed by atoms with Crippen LogP contribution >= 0.6 is 14.5 Å². The van der Waals surface area contributed by atoms with E-state index in [1.165, 1.54) is 0 Å². The Hall–Kier alpha value is -2.54. The third-order valence-corrected chi connectivity index (χ3v) is 13.3. The normalized spacial score (nSPS) is 11.9. The van der Waals surface area contributed by atoms with Crippen LogP contribution in [-0.2, 0) is 0 Å². The molecule has 0 aliphatic heterocycles. The summed E-state index contributed by atoms with van der Waals surface area (Å²) in [6.45, 7) is 4.72. The largest absolute Gasteiger partial charge is 0.222 e. The minimum absolute atomic E-state index is 1.01. The molecule has 0 aliphatic carbocycles. The summed E-state index contributed by atoms with van der Waals surface area (Å²) in [4.78, 5) is 19.1. The second kappa shape index (κ2) is 9.08. The zero-order valence-corrected chi connectivity index (χ0v) is 19.1. The molecular formula is C24H26N4P2+2. The van der Waals surface area contributed by atoms with Crippen molar-refractivity contribution >= 4 is 36.3 Å². The van der Waals surface area contributed by atoms with Gasteiger partial charge in [-0.25, -0.2) is 19.9 Å². The van der Waals surface area contributed by atoms with Crippen molar-refractivity contribution in [1.29, 1.82) is 0 Å². The molecule has 30 heavy (non-hydrogen) atoms. The Morgan fingerprint density at radius 2 is 0.733 bits per heavy atom. The average Bonchev–Trinajstić information content (AvgIpc) is 2.84. The van der Waals surface area contributed by atoms with E-state index in [1.54, 1.807) is 0 Å². The van der Waals surface area contributed by atoms with Crippen molar-refractivity contribution < 1.29 is 0 Å². The van der Waals surface area contributed by atoms with Gasteiger partial charge in [-0.3, -0.25) is 0 Å². The number of nitrogens with zero attached hydrogens (tertiary/aromatic N) is 4. The first-order chi connectivity index (χ1) is 14.6. The van der Waals surface area contributed by atoms with Crippen LogP contribution in [0.2, 0.25) is 0 Å². The highest BCUT2D eigenvalue weighted by molar-refractivity contribution is 7.92. The molecule has 0 bridgehead atoms. The predicted molar refractivity (Wildman–Crippen MR) is 131 cm³/mol. The van der Waals surface area contributed by atoms with Crippen LogP contribution in [0.4, 0.5) is 0 Å². The van der Waals surface area contributed by atoms with Gasteiger partial charge < -0.3 is 0 Å². The topological polar surface area (TPSA) is 51.6 Å². The Morgan fingerprint density at radius 1 is 0.467 bits per heavy atom. The minimum Gasteiger partial charge on any atom is -0.222 e. The lowest BCUT2D eigenvalue weighted by Gasteiger charge is -2.25. The van der Waals surface area contributed by atoms with E-state index < -0.39 is 14.5 Å². The molecule has 0 aromatic carbocycles. The zero-order valence-electron chi connectivity index (χ0n) is 17.3. The van der Waals surface area contributed by atoms with E-state index in [2.05, 4.69) is 61.9 Å². The monoisotopic (exact) mass is 432 g/mol. The quantitative estimate of drug-likeness (QED) is 0.421. The molecule has 0 fully saturated rings. The lowest BCUT2D eigenvalue weighted by Crippen LogP contribution is -2.33. The first-order valence-corrected chi connectivity index (χ1v) is 14.8. The molecule has 150 valence electrons. The maximum Gasteiger partial charge on any atom is 0.189 e. The van der Waals surface area contributed by atoms with Crippen LogP contribution in [0.5, 0.6) is 0 Å². The van der Waals surface area contributed by atoms with Crippen LogP contribution in [0.25, 0.3) is 0 Å². The van der Waals surface area contributed by atoms with E-state index in [4.69, 9.17) is 19.9 Å². The van der Waals surface area contributed by atoms with Crippen molar-refractivity contribution in [2.24, 2.45) is 0 Å². The number of hydrogen-bond acceptors (Lipinski definition) is 4. The third-order valence-electron chi connectivity index (χ3n) is 5.61. The van der Waals surface area contributed by atoms with Gasteiger partial charge in [0.05, 0.1) is 13.3 Å². The Kier molecular flexibility index (Phi) is 6.27. The van der Waals surface area contributed by atoms with Crippen LogP contribution in [0.1, 0.15) is 0 Å². The number of aromatic nitrogens is 4. The molecule has 0 amide bonds. The summed E-state index contributed by atoms with van der Waals surface area (Å²) in [5.41, 5.74) is 4.60.